The third kappa shape index (κ3) is 13.0. The molecule has 10 heteroatoms. The fraction of sp³-hybridized carbons (Fsp3) is 0.190. The van der Waals surface area contributed by atoms with Gasteiger partial charge in [0.25, 0.3) is 0 Å². The quantitative estimate of drug-likeness (QED) is 0.152. The summed E-state index contributed by atoms with van der Waals surface area (Å²) < 4.78 is 2.25. The molecule has 0 spiro atoms. The molecule has 8 nitrogen and oxygen atoms in total. The SMILES string of the molecule is CN1c2ccccc2N(C)C1c1c(-c2ccccc2)cccc1-c1ccccc1.CN1c2ccccc2N(C)C1c1c(Br)cccc1Br.CN1c2ccccc2N(C)C1c1ccccc1.Cc1cc(C)c(C2N(C)c3ccccc3N2C)c(C)c1.[CH3-].[CH3-].[CH3-].[CH3-]. The highest BCUT2D eigenvalue weighted by Gasteiger charge is 2.38. The van der Waals surface area contributed by atoms with Crippen molar-refractivity contribution >= 4 is 77.4 Å². The number of fused-ring (bicyclic) bond motifs is 4. The zero-order valence-corrected chi connectivity index (χ0v) is 57.8. The summed E-state index contributed by atoms with van der Waals surface area (Å²) in [5.41, 5.74) is 24.7. The van der Waals surface area contributed by atoms with Crippen molar-refractivity contribution in [1.82, 2.24) is 0 Å². The van der Waals surface area contributed by atoms with Crippen LogP contribution in [0.3, 0.4) is 0 Å². The minimum atomic E-state index is 0. The van der Waals surface area contributed by atoms with Crippen LogP contribution in [0.4, 0.5) is 45.5 Å². The van der Waals surface area contributed by atoms with Crippen molar-refractivity contribution in [3.63, 3.8) is 0 Å². The molecular formula is C79H88Br2N8-4. The number of aryl methyl sites for hydroxylation is 3. The van der Waals surface area contributed by atoms with E-state index in [-0.39, 0.29) is 48.2 Å². The molecule has 0 amide bonds. The van der Waals surface area contributed by atoms with E-state index in [0.29, 0.717) is 6.17 Å². The van der Waals surface area contributed by atoms with E-state index in [4.69, 9.17) is 0 Å². The van der Waals surface area contributed by atoms with Gasteiger partial charge in [0.2, 0.25) is 0 Å². The Kier molecular flexibility index (Phi) is 22.4. The average molecular weight is 1310 g/mol. The van der Waals surface area contributed by atoms with E-state index < -0.39 is 0 Å². The lowest BCUT2D eigenvalue weighted by molar-refractivity contribution is 0.685. The van der Waals surface area contributed by atoms with Gasteiger partial charge in [-0.25, -0.2) is 0 Å². The topological polar surface area (TPSA) is 25.9 Å². The molecule has 4 aliphatic heterocycles. The first-order chi connectivity index (χ1) is 41.2. The van der Waals surface area contributed by atoms with Crippen LogP contribution in [0.2, 0.25) is 0 Å². The number of anilines is 8. The number of para-hydroxylation sites is 8. The van der Waals surface area contributed by atoms with E-state index in [1.54, 1.807) is 0 Å². The lowest BCUT2D eigenvalue weighted by Gasteiger charge is -2.32. The summed E-state index contributed by atoms with van der Waals surface area (Å²) >= 11 is 7.35. The Hall–Kier alpha value is -8.44. The van der Waals surface area contributed by atoms with E-state index in [9.17, 15) is 0 Å². The zero-order chi connectivity index (χ0) is 59.6. The Morgan fingerprint density at radius 1 is 0.258 bits per heavy atom. The molecule has 462 valence electrons. The maximum Gasteiger partial charge on any atom is 0.130 e. The predicted molar refractivity (Wildman–Crippen MR) is 396 cm³/mol. The molecule has 0 unspecified atom stereocenters. The lowest BCUT2D eigenvalue weighted by atomic mass is 9.89. The van der Waals surface area contributed by atoms with Crippen molar-refractivity contribution in [1.29, 1.82) is 0 Å². The molecule has 0 bridgehead atoms. The standard InChI is InChI=1S/C27H24N2.C18H22N2.C15H14Br2N2.C15H16N2.4CH3/c1-28-24-18-9-10-19-25(24)29(2)27(28)26-22(20-12-5-3-6-13-20)16-11-17-23(26)21-14-7-4-8-15-21;1-12-10-13(2)17(14(3)11-12)18-19(4)15-8-6-7-9-16(15)20(18)5;1-18-12-8-3-4-9-13(12)19(2)15(18)14-10(16)6-5-7-11(14)17;1-16-13-10-6-7-11-14(13)17(2)15(16)12-8-4-3-5-9-12;;;;/h3-19,27H,1-2H3;6-11,18H,1-5H3;3-9,15H,1-2H3;3-11,15H,1-2H3;4*1H3/q;;;;4*-1. The van der Waals surface area contributed by atoms with E-state index in [1.165, 1.54) is 107 Å². The highest BCUT2D eigenvalue weighted by Crippen LogP contribution is 2.51. The molecule has 0 aromatic heterocycles. The van der Waals surface area contributed by atoms with Crippen molar-refractivity contribution in [3.8, 4) is 22.3 Å². The number of hydrogen-bond acceptors (Lipinski definition) is 8. The van der Waals surface area contributed by atoms with Gasteiger partial charge in [-0.3, -0.25) is 0 Å². The Bertz CT molecular complexity index is 3730. The molecule has 0 N–H and O–H groups in total. The molecule has 0 saturated carbocycles. The summed E-state index contributed by atoms with van der Waals surface area (Å²) in [5, 5.41) is 0. The molecule has 4 heterocycles. The molecular weight excluding hydrogens is 1220 g/mol. The summed E-state index contributed by atoms with van der Waals surface area (Å²) in [6, 6.07) is 83.8. The second-order valence-corrected chi connectivity index (χ2v) is 24.4. The fourth-order valence-electron chi connectivity index (χ4n) is 13.5. The number of hydrogen-bond donors (Lipinski definition) is 0. The van der Waals surface area contributed by atoms with Gasteiger partial charge in [0, 0.05) is 82.0 Å². The first kappa shape index (κ1) is 68.1. The maximum atomic E-state index is 3.67. The molecule has 0 atom stereocenters. The Morgan fingerprint density at radius 2 is 0.506 bits per heavy atom. The van der Waals surface area contributed by atoms with Crippen LogP contribution >= 0.6 is 31.9 Å². The van der Waals surface area contributed by atoms with Gasteiger partial charge in [0.1, 0.15) is 24.7 Å². The lowest BCUT2D eigenvalue weighted by Crippen LogP contribution is -2.31. The molecule has 0 radical (unpaired) electrons. The van der Waals surface area contributed by atoms with E-state index in [2.05, 4.69) is 379 Å². The molecule has 14 rings (SSSR count). The van der Waals surface area contributed by atoms with Gasteiger partial charge >= 0.3 is 0 Å². The van der Waals surface area contributed by atoms with Crippen LogP contribution in [-0.4, -0.2) is 56.4 Å². The van der Waals surface area contributed by atoms with Gasteiger partial charge < -0.3 is 68.9 Å². The van der Waals surface area contributed by atoms with Gasteiger partial charge in [0.15, 0.2) is 0 Å². The largest absolute Gasteiger partial charge is 0.358 e. The second-order valence-electron chi connectivity index (χ2n) is 22.7. The minimum absolute atomic E-state index is 0. The van der Waals surface area contributed by atoms with Crippen LogP contribution in [0, 0.1) is 50.5 Å². The van der Waals surface area contributed by atoms with Crippen LogP contribution in [0.25, 0.3) is 22.3 Å². The van der Waals surface area contributed by atoms with Gasteiger partial charge in [-0.15, -0.1) is 0 Å². The molecule has 0 aliphatic carbocycles. The van der Waals surface area contributed by atoms with Gasteiger partial charge in [-0.1, -0.05) is 213 Å². The highest BCUT2D eigenvalue weighted by atomic mass is 79.9. The molecule has 0 fully saturated rings. The van der Waals surface area contributed by atoms with Crippen LogP contribution in [0.15, 0.2) is 246 Å². The van der Waals surface area contributed by atoms with Crippen LogP contribution < -0.4 is 39.2 Å². The molecule has 0 saturated heterocycles. The second kappa shape index (κ2) is 29.3. The number of nitrogens with zero attached hydrogens (tertiary/aromatic N) is 8. The van der Waals surface area contributed by atoms with Crippen LogP contribution in [-0.2, 0) is 0 Å². The van der Waals surface area contributed by atoms with Crippen molar-refractivity contribution < 1.29 is 0 Å². The Morgan fingerprint density at radius 3 is 0.820 bits per heavy atom. The smallest absolute Gasteiger partial charge is 0.130 e. The highest BCUT2D eigenvalue weighted by molar-refractivity contribution is 9.11. The number of halogens is 2. The third-order valence-corrected chi connectivity index (χ3v) is 18.8. The molecule has 89 heavy (non-hydrogen) atoms. The van der Waals surface area contributed by atoms with E-state index in [0.717, 1.165) is 8.95 Å². The van der Waals surface area contributed by atoms with Gasteiger partial charge in [-0.2, -0.15) is 0 Å². The summed E-state index contributed by atoms with van der Waals surface area (Å²) in [5.74, 6) is 0. The first-order valence-electron chi connectivity index (χ1n) is 29.1. The summed E-state index contributed by atoms with van der Waals surface area (Å²) in [6.07, 6.45) is 0.906. The summed E-state index contributed by atoms with van der Waals surface area (Å²) in [7, 11) is 17.3. The predicted octanol–water partition coefficient (Wildman–Crippen LogP) is 20.7. The van der Waals surface area contributed by atoms with Crippen molar-refractivity contribution in [2.45, 2.75) is 45.4 Å². The normalized spacial score (nSPS) is 13.9. The third-order valence-electron chi connectivity index (χ3n) is 17.4. The van der Waals surface area contributed by atoms with Gasteiger partial charge in [-0.05, 0) is 120 Å². The molecule has 10 aromatic rings. The van der Waals surface area contributed by atoms with Crippen LogP contribution in [0.1, 0.15) is 63.6 Å². The van der Waals surface area contributed by atoms with Crippen molar-refractivity contribution in [2.75, 3.05) is 95.6 Å². The van der Waals surface area contributed by atoms with Crippen molar-refractivity contribution in [3.05, 3.63) is 314 Å². The first-order valence-corrected chi connectivity index (χ1v) is 30.7. The molecule has 4 aliphatic rings. The summed E-state index contributed by atoms with van der Waals surface area (Å²) in [6.45, 7) is 6.61. The maximum absolute atomic E-state index is 3.67. The number of rotatable bonds is 6. The average Bonchev–Trinajstić information content (AvgIpc) is 1.78. The minimum Gasteiger partial charge on any atom is -0.358 e. The van der Waals surface area contributed by atoms with E-state index in [1.807, 2.05) is 6.07 Å². The van der Waals surface area contributed by atoms with E-state index >= 15 is 0 Å². The summed E-state index contributed by atoms with van der Waals surface area (Å²) in [4.78, 5) is 18.8. The molecule has 10 aromatic carbocycles. The number of benzene rings is 10. The Balaban J connectivity index is 0.000000170. The monoisotopic (exact) mass is 1310 g/mol. The zero-order valence-electron chi connectivity index (χ0n) is 54.7. The van der Waals surface area contributed by atoms with Crippen LogP contribution in [0.5, 0.6) is 0 Å². The van der Waals surface area contributed by atoms with Crippen molar-refractivity contribution in [2.24, 2.45) is 0 Å². The fourth-order valence-corrected chi connectivity index (χ4v) is 14.9. The van der Waals surface area contributed by atoms with Gasteiger partial charge in [0.05, 0.1) is 45.5 Å². The Labute approximate surface area is 551 Å².